The van der Waals surface area contributed by atoms with Crippen LogP contribution in [0.2, 0.25) is 0 Å². The Balaban J connectivity index is 1.62. The van der Waals surface area contributed by atoms with E-state index in [4.69, 9.17) is 0 Å². The molecule has 0 fully saturated rings. The quantitative estimate of drug-likeness (QED) is 0.380. The summed E-state index contributed by atoms with van der Waals surface area (Å²) in [5.41, 5.74) is 1.04. The standard InChI is InChI=1S/C21H16FN5O2S/c22-15-8-4-5-9-16(15)25-17(28)13-30-21-26-19-18(23-10-11-24-19)20(29)27(21)12-14-6-2-1-3-7-14/h1-11H,12-13H2,(H,25,28). The largest absolute Gasteiger partial charge is 0.323 e. The van der Waals surface area contributed by atoms with Crippen molar-refractivity contribution in [1.29, 1.82) is 0 Å². The summed E-state index contributed by atoms with van der Waals surface area (Å²) in [6, 6.07) is 15.4. The summed E-state index contributed by atoms with van der Waals surface area (Å²) in [4.78, 5) is 37.9. The number of hydrogen-bond donors (Lipinski definition) is 1. The summed E-state index contributed by atoms with van der Waals surface area (Å²) in [5.74, 6) is -0.984. The van der Waals surface area contributed by atoms with E-state index < -0.39 is 11.7 Å². The predicted octanol–water partition coefficient (Wildman–Crippen LogP) is 3.10. The van der Waals surface area contributed by atoms with Gasteiger partial charge in [0.2, 0.25) is 5.91 Å². The number of carbonyl (C=O) groups excluding carboxylic acids is 1. The second-order valence-electron chi connectivity index (χ2n) is 6.32. The summed E-state index contributed by atoms with van der Waals surface area (Å²) < 4.78 is 15.2. The highest BCUT2D eigenvalue weighted by atomic mass is 32.2. The van der Waals surface area contributed by atoms with Crippen molar-refractivity contribution < 1.29 is 9.18 Å². The lowest BCUT2D eigenvalue weighted by Gasteiger charge is -2.12. The van der Waals surface area contributed by atoms with E-state index in [9.17, 15) is 14.0 Å². The Labute approximate surface area is 175 Å². The molecular formula is C21H16FN5O2S. The van der Waals surface area contributed by atoms with Gasteiger partial charge in [-0.3, -0.25) is 14.2 Å². The third-order valence-electron chi connectivity index (χ3n) is 4.22. The van der Waals surface area contributed by atoms with Gasteiger partial charge in [0.15, 0.2) is 16.3 Å². The van der Waals surface area contributed by atoms with E-state index in [1.54, 1.807) is 12.1 Å². The second kappa shape index (κ2) is 8.83. The van der Waals surface area contributed by atoms with Crippen LogP contribution in [0, 0.1) is 5.82 Å². The summed E-state index contributed by atoms with van der Waals surface area (Å²) in [6.45, 7) is 0.274. The van der Waals surface area contributed by atoms with Crippen LogP contribution in [-0.2, 0) is 11.3 Å². The van der Waals surface area contributed by atoms with Crippen molar-refractivity contribution in [2.45, 2.75) is 11.7 Å². The highest BCUT2D eigenvalue weighted by Gasteiger charge is 2.15. The molecule has 1 amide bonds. The molecule has 4 rings (SSSR count). The molecule has 9 heteroatoms. The fourth-order valence-electron chi connectivity index (χ4n) is 2.82. The maximum Gasteiger partial charge on any atom is 0.282 e. The number of carbonyl (C=O) groups is 1. The Kier molecular flexibility index (Phi) is 5.80. The van der Waals surface area contributed by atoms with Crippen LogP contribution in [-0.4, -0.2) is 31.2 Å². The van der Waals surface area contributed by atoms with Crippen LogP contribution in [0.3, 0.4) is 0 Å². The van der Waals surface area contributed by atoms with Crippen LogP contribution in [0.4, 0.5) is 10.1 Å². The monoisotopic (exact) mass is 421 g/mol. The fourth-order valence-corrected chi connectivity index (χ4v) is 3.61. The molecule has 0 aliphatic rings. The predicted molar refractivity (Wildman–Crippen MR) is 113 cm³/mol. The number of amides is 1. The molecule has 1 N–H and O–H groups in total. The van der Waals surface area contributed by atoms with Gasteiger partial charge < -0.3 is 5.32 Å². The van der Waals surface area contributed by atoms with Gasteiger partial charge in [0.05, 0.1) is 18.0 Å². The van der Waals surface area contributed by atoms with Gasteiger partial charge in [-0.05, 0) is 17.7 Å². The lowest BCUT2D eigenvalue weighted by molar-refractivity contribution is -0.113. The number of halogens is 1. The molecule has 4 aromatic rings. The molecule has 2 aromatic carbocycles. The minimum absolute atomic E-state index is 0.0542. The first-order valence-electron chi connectivity index (χ1n) is 9.04. The number of thioether (sulfide) groups is 1. The van der Waals surface area contributed by atoms with Gasteiger partial charge in [-0.2, -0.15) is 0 Å². The van der Waals surface area contributed by atoms with Crippen molar-refractivity contribution >= 4 is 34.5 Å². The first-order valence-corrected chi connectivity index (χ1v) is 10.0. The van der Waals surface area contributed by atoms with Gasteiger partial charge in [0.1, 0.15) is 5.82 Å². The van der Waals surface area contributed by atoms with Gasteiger partial charge >= 0.3 is 0 Å². The molecular weight excluding hydrogens is 405 g/mol. The molecule has 0 saturated carbocycles. The topological polar surface area (TPSA) is 89.8 Å². The lowest BCUT2D eigenvalue weighted by Crippen LogP contribution is -2.25. The molecule has 2 heterocycles. The van der Waals surface area contributed by atoms with E-state index in [0.717, 1.165) is 17.3 Å². The number of nitrogens with zero attached hydrogens (tertiary/aromatic N) is 4. The van der Waals surface area contributed by atoms with Crippen LogP contribution in [0.15, 0.2) is 76.9 Å². The summed E-state index contributed by atoms with van der Waals surface area (Å²) in [5, 5.41) is 2.86. The Morgan fingerprint density at radius 1 is 1.03 bits per heavy atom. The Bertz CT molecular complexity index is 1260. The fraction of sp³-hybridized carbons (Fsp3) is 0.0952. The molecule has 0 atom stereocenters. The molecule has 0 aliphatic carbocycles. The first kappa shape index (κ1) is 19.7. The van der Waals surface area contributed by atoms with Crippen LogP contribution in [0.5, 0.6) is 0 Å². The maximum atomic E-state index is 13.8. The van der Waals surface area contributed by atoms with Crippen molar-refractivity contribution in [2.75, 3.05) is 11.1 Å². The zero-order chi connectivity index (χ0) is 20.9. The molecule has 30 heavy (non-hydrogen) atoms. The minimum Gasteiger partial charge on any atom is -0.323 e. The first-order chi connectivity index (χ1) is 14.6. The zero-order valence-corrected chi connectivity index (χ0v) is 16.5. The van der Waals surface area contributed by atoms with Gasteiger partial charge in [-0.25, -0.2) is 19.3 Å². The minimum atomic E-state index is -0.518. The molecule has 7 nitrogen and oxygen atoms in total. The number of hydrogen-bond acceptors (Lipinski definition) is 6. The average molecular weight is 421 g/mol. The van der Waals surface area contributed by atoms with Crippen molar-refractivity contribution in [3.63, 3.8) is 0 Å². The van der Waals surface area contributed by atoms with Gasteiger partial charge in [-0.15, -0.1) is 0 Å². The van der Waals surface area contributed by atoms with Crippen LogP contribution in [0.25, 0.3) is 11.2 Å². The van der Waals surface area contributed by atoms with E-state index in [-0.39, 0.29) is 34.7 Å². The van der Waals surface area contributed by atoms with Crippen molar-refractivity contribution in [3.05, 3.63) is 88.7 Å². The number of benzene rings is 2. The van der Waals surface area contributed by atoms with E-state index >= 15 is 0 Å². The molecule has 0 saturated heterocycles. The number of rotatable bonds is 6. The number of para-hydroxylation sites is 1. The summed E-state index contributed by atoms with van der Waals surface area (Å²) in [6.07, 6.45) is 2.89. The van der Waals surface area contributed by atoms with Crippen molar-refractivity contribution in [3.8, 4) is 0 Å². The zero-order valence-electron chi connectivity index (χ0n) is 15.7. The molecule has 0 spiro atoms. The molecule has 0 unspecified atom stereocenters. The molecule has 0 aliphatic heterocycles. The van der Waals surface area contributed by atoms with E-state index in [2.05, 4.69) is 20.3 Å². The molecule has 150 valence electrons. The summed E-state index contributed by atoms with van der Waals surface area (Å²) >= 11 is 1.08. The third-order valence-corrected chi connectivity index (χ3v) is 5.20. The average Bonchev–Trinajstić information content (AvgIpc) is 2.77. The van der Waals surface area contributed by atoms with E-state index in [0.29, 0.717) is 5.16 Å². The van der Waals surface area contributed by atoms with Gasteiger partial charge in [0.25, 0.3) is 5.56 Å². The highest BCUT2D eigenvalue weighted by molar-refractivity contribution is 7.99. The number of fused-ring (bicyclic) bond motifs is 1. The number of aromatic nitrogens is 4. The lowest BCUT2D eigenvalue weighted by atomic mass is 10.2. The third kappa shape index (κ3) is 4.36. The van der Waals surface area contributed by atoms with E-state index in [1.165, 1.54) is 29.1 Å². The second-order valence-corrected chi connectivity index (χ2v) is 7.26. The Morgan fingerprint density at radius 2 is 1.77 bits per heavy atom. The smallest absolute Gasteiger partial charge is 0.282 e. The van der Waals surface area contributed by atoms with E-state index in [1.807, 2.05) is 30.3 Å². The molecule has 0 radical (unpaired) electrons. The van der Waals surface area contributed by atoms with Crippen LogP contribution < -0.4 is 10.9 Å². The van der Waals surface area contributed by atoms with Crippen LogP contribution >= 0.6 is 11.8 Å². The van der Waals surface area contributed by atoms with Crippen LogP contribution in [0.1, 0.15) is 5.56 Å². The van der Waals surface area contributed by atoms with Gasteiger partial charge in [-0.1, -0.05) is 54.2 Å². The van der Waals surface area contributed by atoms with Crippen molar-refractivity contribution in [1.82, 2.24) is 19.5 Å². The number of nitrogens with one attached hydrogen (secondary N) is 1. The summed E-state index contributed by atoms with van der Waals surface area (Å²) in [7, 11) is 0. The number of anilines is 1. The maximum absolute atomic E-state index is 13.8. The van der Waals surface area contributed by atoms with Crippen molar-refractivity contribution in [2.24, 2.45) is 0 Å². The highest BCUT2D eigenvalue weighted by Crippen LogP contribution is 2.19. The van der Waals surface area contributed by atoms with Gasteiger partial charge in [0, 0.05) is 12.4 Å². The SMILES string of the molecule is O=C(CSc1nc2nccnc2c(=O)n1Cc1ccccc1)Nc1ccccc1F. The molecule has 2 aromatic heterocycles. The Morgan fingerprint density at radius 3 is 2.57 bits per heavy atom. The Hall–Kier alpha value is -3.59. The normalized spacial score (nSPS) is 10.8. The molecule has 0 bridgehead atoms.